The topological polar surface area (TPSA) is 54.0 Å². The summed E-state index contributed by atoms with van der Waals surface area (Å²) in [5.74, 6) is 0.0514. The first kappa shape index (κ1) is 16.8. The van der Waals surface area contributed by atoms with Crippen molar-refractivity contribution in [1.82, 2.24) is 10.3 Å². The number of nitrogens with zero attached hydrogens (tertiary/aromatic N) is 1. The summed E-state index contributed by atoms with van der Waals surface area (Å²) in [6.45, 7) is 2.52. The number of pyridine rings is 1. The Morgan fingerprint density at radius 3 is 2.50 bits per heavy atom. The number of hydrogen-bond acceptors (Lipinski definition) is 3. The third-order valence-corrected chi connectivity index (χ3v) is 4.79. The number of anilines is 1. The zero-order valence-electron chi connectivity index (χ0n) is 13.8. The maximum Gasteiger partial charge on any atom is 0.245 e. The van der Waals surface area contributed by atoms with Crippen LogP contribution >= 0.6 is 11.6 Å². The molecule has 1 saturated carbocycles. The van der Waals surface area contributed by atoms with Gasteiger partial charge in [0.1, 0.15) is 10.7 Å². The predicted molar refractivity (Wildman–Crippen MR) is 97.1 cm³/mol. The molecule has 0 atom stereocenters. The van der Waals surface area contributed by atoms with Crippen LogP contribution in [0.15, 0.2) is 42.6 Å². The number of rotatable bonds is 5. The van der Waals surface area contributed by atoms with Crippen molar-refractivity contribution in [2.24, 2.45) is 0 Å². The van der Waals surface area contributed by atoms with E-state index in [9.17, 15) is 4.79 Å². The monoisotopic (exact) mass is 343 g/mol. The van der Waals surface area contributed by atoms with Crippen LogP contribution in [0.1, 0.15) is 36.8 Å². The zero-order chi connectivity index (χ0) is 17.0. The highest BCUT2D eigenvalue weighted by Gasteiger charge is 2.40. The molecule has 0 unspecified atom stereocenters. The lowest BCUT2D eigenvalue weighted by Crippen LogP contribution is -2.50. The van der Waals surface area contributed by atoms with Crippen molar-refractivity contribution in [3.05, 3.63) is 58.9 Å². The highest BCUT2D eigenvalue weighted by atomic mass is 35.5. The van der Waals surface area contributed by atoms with E-state index in [1.54, 1.807) is 12.3 Å². The van der Waals surface area contributed by atoms with Crippen LogP contribution in [0.4, 0.5) is 5.69 Å². The van der Waals surface area contributed by atoms with E-state index in [4.69, 9.17) is 11.6 Å². The van der Waals surface area contributed by atoms with Gasteiger partial charge in [-0.15, -0.1) is 0 Å². The average Bonchev–Trinajstić information content (AvgIpc) is 3.06. The van der Waals surface area contributed by atoms with Crippen LogP contribution in [0, 0.1) is 6.92 Å². The van der Waals surface area contributed by atoms with Crippen molar-refractivity contribution < 1.29 is 4.79 Å². The molecule has 4 nitrogen and oxygen atoms in total. The first-order valence-electron chi connectivity index (χ1n) is 8.31. The van der Waals surface area contributed by atoms with Crippen molar-refractivity contribution in [2.45, 2.75) is 44.7 Å². The van der Waals surface area contributed by atoms with E-state index >= 15 is 0 Å². The third-order valence-electron chi connectivity index (χ3n) is 4.57. The van der Waals surface area contributed by atoms with Gasteiger partial charge in [-0.2, -0.15) is 0 Å². The molecule has 3 rings (SSSR count). The summed E-state index contributed by atoms with van der Waals surface area (Å²) < 4.78 is 0. The Labute approximate surface area is 147 Å². The molecule has 0 spiro atoms. The van der Waals surface area contributed by atoms with Gasteiger partial charge in [-0.25, -0.2) is 4.98 Å². The maximum absolute atomic E-state index is 12.9. The van der Waals surface area contributed by atoms with Crippen LogP contribution in [-0.4, -0.2) is 16.4 Å². The Balaban J connectivity index is 1.68. The summed E-state index contributed by atoms with van der Waals surface area (Å²) in [5, 5.41) is 6.98. The van der Waals surface area contributed by atoms with Gasteiger partial charge in [-0.05, 0) is 43.5 Å². The van der Waals surface area contributed by atoms with Crippen LogP contribution in [0.5, 0.6) is 0 Å². The van der Waals surface area contributed by atoms with E-state index in [2.05, 4.69) is 34.7 Å². The number of halogens is 1. The van der Waals surface area contributed by atoms with Gasteiger partial charge >= 0.3 is 0 Å². The molecule has 1 amide bonds. The number of carbonyl (C=O) groups excluding carboxylic acids is 1. The van der Waals surface area contributed by atoms with E-state index in [0.717, 1.165) is 36.9 Å². The van der Waals surface area contributed by atoms with Crippen LogP contribution in [0.3, 0.4) is 0 Å². The molecule has 5 heteroatoms. The van der Waals surface area contributed by atoms with Gasteiger partial charge in [0, 0.05) is 18.4 Å². The van der Waals surface area contributed by atoms with Gasteiger partial charge in [0.2, 0.25) is 5.91 Å². The van der Waals surface area contributed by atoms with E-state index in [1.165, 1.54) is 5.56 Å². The minimum Gasteiger partial charge on any atom is -0.371 e. The van der Waals surface area contributed by atoms with Crippen LogP contribution < -0.4 is 10.6 Å². The first-order chi connectivity index (χ1) is 11.6. The van der Waals surface area contributed by atoms with E-state index in [-0.39, 0.29) is 5.91 Å². The molecule has 0 radical (unpaired) electrons. The van der Waals surface area contributed by atoms with Gasteiger partial charge in [0.15, 0.2) is 0 Å². The minimum absolute atomic E-state index is 0.0514. The molecule has 0 bridgehead atoms. The second-order valence-corrected chi connectivity index (χ2v) is 6.84. The Morgan fingerprint density at radius 2 is 1.88 bits per heavy atom. The molecule has 1 aromatic heterocycles. The smallest absolute Gasteiger partial charge is 0.245 e. The van der Waals surface area contributed by atoms with E-state index < -0.39 is 5.54 Å². The van der Waals surface area contributed by atoms with Crippen molar-refractivity contribution in [3.63, 3.8) is 0 Å². The zero-order valence-corrected chi connectivity index (χ0v) is 14.6. The number of nitrogens with one attached hydrogen (secondary N) is 2. The fourth-order valence-corrected chi connectivity index (χ4v) is 3.27. The fourth-order valence-electron chi connectivity index (χ4n) is 3.16. The van der Waals surface area contributed by atoms with Gasteiger partial charge < -0.3 is 10.6 Å². The third kappa shape index (κ3) is 3.88. The predicted octanol–water partition coefficient (Wildman–Crippen LogP) is 4.08. The molecule has 1 heterocycles. The van der Waals surface area contributed by atoms with Gasteiger partial charge in [0.25, 0.3) is 0 Å². The molecule has 1 fully saturated rings. The standard InChI is InChI=1S/C19H22ClN3O/c1-14-4-7-16(8-5-14)23-19(10-2-3-11-19)18(24)22-13-15-6-9-17(20)21-12-15/h4-9,12,23H,2-3,10-11,13H2,1H3,(H,22,24). The largest absolute Gasteiger partial charge is 0.371 e. The number of amides is 1. The van der Waals surface area contributed by atoms with Gasteiger partial charge in [-0.1, -0.05) is 48.2 Å². The number of hydrogen-bond donors (Lipinski definition) is 2. The van der Waals surface area contributed by atoms with Crippen molar-refractivity contribution in [1.29, 1.82) is 0 Å². The van der Waals surface area contributed by atoms with Crippen LogP contribution in [0.25, 0.3) is 0 Å². The minimum atomic E-state index is -0.519. The highest BCUT2D eigenvalue weighted by molar-refractivity contribution is 6.29. The quantitative estimate of drug-likeness (QED) is 0.804. The lowest BCUT2D eigenvalue weighted by atomic mass is 9.95. The summed E-state index contributed by atoms with van der Waals surface area (Å²) in [7, 11) is 0. The molecule has 0 aliphatic heterocycles. The van der Waals surface area contributed by atoms with Crippen LogP contribution in [0.2, 0.25) is 5.15 Å². The number of carbonyl (C=O) groups is 1. The molecule has 2 N–H and O–H groups in total. The van der Waals surface area contributed by atoms with E-state index in [1.807, 2.05) is 18.2 Å². The Bertz CT molecular complexity index is 692. The fraction of sp³-hybridized carbons (Fsp3) is 0.368. The lowest BCUT2D eigenvalue weighted by Gasteiger charge is -2.30. The van der Waals surface area contributed by atoms with Crippen molar-refractivity contribution >= 4 is 23.2 Å². The summed E-state index contributed by atoms with van der Waals surface area (Å²) in [6.07, 6.45) is 5.53. The second-order valence-electron chi connectivity index (χ2n) is 6.45. The normalized spacial score (nSPS) is 15.9. The molecular formula is C19H22ClN3O. The Hall–Kier alpha value is -2.07. The number of benzene rings is 1. The molecular weight excluding hydrogens is 322 g/mol. The molecule has 0 saturated heterocycles. The summed E-state index contributed by atoms with van der Waals surface area (Å²) in [6, 6.07) is 11.8. The van der Waals surface area contributed by atoms with E-state index in [0.29, 0.717) is 11.7 Å². The lowest BCUT2D eigenvalue weighted by molar-refractivity contribution is -0.125. The van der Waals surface area contributed by atoms with Crippen LogP contribution in [-0.2, 0) is 11.3 Å². The van der Waals surface area contributed by atoms with Crippen molar-refractivity contribution in [2.75, 3.05) is 5.32 Å². The number of aromatic nitrogens is 1. The Kier molecular flexibility index (Phi) is 5.05. The average molecular weight is 344 g/mol. The van der Waals surface area contributed by atoms with Gasteiger partial charge in [-0.3, -0.25) is 4.79 Å². The van der Waals surface area contributed by atoms with Gasteiger partial charge in [0.05, 0.1) is 0 Å². The second kappa shape index (κ2) is 7.22. The van der Waals surface area contributed by atoms with Crippen molar-refractivity contribution in [3.8, 4) is 0 Å². The molecule has 1 aromatic carbocycles. The number of aryl methyl sites for hydroxylation is 1. The maximum atomic E-state index is 12.9. The molecule has 24 heavy (non-hydrogen) atoms. The first-order valence-corrected chi connectivity index (χ1v) is 8.69. The summed E-state index contributed by atoms with van der Waals surface area (Å²) in [4.78, 5) is 16.9. The SMILES string of the molecule is Cc1ccc(NC2(C(=O)NCc3ccc(Cl)nc3)CCCC2)cc1. The summed E-state index contributed by atoms with van der Waals surface area (Å²) in [5.41, 5.74) is 2.62. The molecule has 1 aliphatic carbocycles. The summed E-state index contributed by atoms with van der Waals surface area (Å²) >= 11 is 5.79. The molecule has 2 aromatic rings. The Morgan fingerprint density at radius 1 is 1.17 bits per heavy atom. The molecule has 126 valence electrons. The highest BCUT2D eigenvalue weighted by Crippen LogP contribution is 2.33. The molecule has 1 aliphatic rings.